The van der Waals surface area contributed by atoms with E-state index >= 15 is 0 Å². The number of benzene rings is 1. The Balaban J connectivity index is 1.51. The normalized spacial score (nSPS) is 17.7. The number of para-hydroxylation sites is 1. The molecule has 9 heteroatoms. The number of hydrogen-bond acceptors (Lipinski definition) is 6. The summed E-state index contributed by atoms with van der Waals surface area (Å²) in [5.41, 5.74) is 1.82. The summed E-state index contributed by atoms with van der Waals surface area (Å²) in [6.45, 7) is 0.417. The second kappa shape index (κ2) is 8.35. The van der Waals surface area contributed by atoms with E-state index in [1.807, 2.05) is 24.3 Å². The van der Waals surface area contributed by atoms with Crippen molar-refractivity contribution < 1.29 is 22.4 Å². The van der Waals surface area contributed by atoms with Crippen molar-refractivity contribution in [2.24, 2.45) is 0 Å². The second-order valence-corrected chi connectivity index (χ2v) is 9.44. The fourth-order valence-corrected chi connectivity index (χ4v) is 5.36. The first-order chi connectivity index (χ1) is 14.5. The van der Waals surface area contributed by atoms with Crippen LogP contribution in [0.4, 0.5) is 0 Å². The number of rotatable bonds is 7. The van der Waals surface area contributed by atoms with Crippen LogP contribution in [-0.2, 0) is 16.3 Å². The third-order valence-corrected chi connectivity index (χ3v) is 6.92. The molecule has 1 atom stereocenters. The lowest BCUT2D eigenvalue weighted by atomic mass is 10.1. The first kappa shape index (κ1) is 20.2. The second-order valence-electron chi connectivity index (χ2n) is 7.21. The van der Waals surface area contributed by atoms with E-state index < -0.39 is 9.84 Å². The number of sulfone groups is 1. The first-order valence-corrected chi connectivity index (χ1v) is 11.5. The van der Waals surface area contributed by atoms with Crippen LogP contribution >= 0.6 is 0 Å². The minimum atomic E-state index is -3.10. The van der Waals surface area contributed by atoms with Gasteiger partial charge in [0.1, 0.15) is 11.4 Å². The van der Waals surface area contributed by atoms with Crippen molar-refractivity contribution in [3.63, 3.8) is 0 Å². The van der Waals surface area contributed by atoms with Crippen LogP contribution in [0.3, 0.4) is 0 Å². The molecule has 0 aliphatic carbocycles. The van der Waals surface area contributed by atoms with Crippen LogP contribution in [0.5, 0.6) is 5.75 Å². The minimum Gasteiger partial charge on any atom is -0.496 e. The molecule has 0 spiro atoms. The highest BCUT2D eigenvalue weighted by molar-refractivity contribution is 7.91. The van der Waals surface area contributed by atoms with E-state index in [0.29, 0.717) is 30.8 Å². The maximum Gasteiger partial charge on any atom is 0.271 e. The fraction of sp³-hybridized carbons (Fsp3) is 0.333. The van der Waals surface area contributed by atoms with Crippen LogP contribution in [0, 0.1) is 0 Å². The molecule has 1 aliphatic rings. The van der Waals surface area contributed by atoms with E-state index in [1.165, 1.54) is 6.26 Å². The maximum atomic E-state index is 12.7. The molecule has 3 aromatic rings. The molecule has 1 unspecified atom stereocenters. The van der Waals surface area contributed by atoms with E-state index in [2.05, 4.69) is 10.4 Å². The molecule has 1 amide bonds. The third kappa shape index (κ3) is 4.25. The van der Waals surface area contributed by atoms with E-state index in [1.54, 1.807) is 30.0 Å². The largest absolute Gasteiger partial charge is 0.496 e. The van der Waals surface area contributed by atoms with Gasteiger partial charge in [0.2, 0.25) is 0 Å². The summed E-state index contributed by atoms with van der Waals surface area (Å²) in [6, 6.07) is 12.5. The van der Waals surface area contributed by atoms with Gasteiger partial charge in [-0.15, -0.1) is 0 Å². The number of hydrogen-bond donors (Lipinski definition) is 1. The zero-order valence-electron chi connectivity index (χ0n) is 16.6. The molecule has 0 saturated carbocycles. The molecule has 30 heavy (non-hydrogen) atoms. The lowest BCUT2D eigenvalue weighted by molar-refractivity contribution is 0.0948. The Morgan fingerprint density at radius 2 is 2.13 bits per heavy atom. The number of methoxy groups -OCH3 is 1. The Morgan fingerprint density at radius 1 is 1.30 bits per heavy atom. The maximum absolute atomic E-state index is 12.7. The van der Waals surface area contributed by atoms with Crippen molar-refractivity contribution in [3.8, 4) is 17.2 Å². The monoisotopic (exact) mass is 429 g/mol. The van der Waals surface area contributed by atoms with E-state index in [9.17, 15) is 13.2 Å². The zero-order valence-corrected chi connectivity index (χ0v) is 17.4. The summed E-state index contributed by atoms with van der Waals surface area (Å²) in [6.07, 6.45) is 2.61. The number of nitrogens with one attached hydrogen (secondary N) is 1. The van der Waals surface area contributed by atoms with Gasteiger partial charge < -0.3 is 14.5 Å². The highest BCUT2D eigenvalue weighted by atomic mass is 32.2. The number of ether oxygens (including phenoxy) is 1. The third-order valence-electron chi connectivity index (χ3n) is 5.17. The quantitative estimate of drug-likeness (QED) is 0.619. The van der Waals surface area contributed by atoms with Crippen molar-refractivity contribution in [2.45, 2.75) is 18.9 Å². The Labute approximate surface area is 174 Å². The van der Waals surface area contributed by atoms with Gasteiger partial charge in [-0.05, 0) is 36.6 Å². The van der Waals surface area contributed by atoms with Gasteiger partial charge in [0.25, 0.3) is 5.91 Å². The average Bonchev–Trinajstić information content (AvgIpc) is 3.47. The predicted molar refractivity (Wildman–Crippen MR) is 111 cm³/mol. The van der Waals surface area contributed by atoms with Crippen LogP contribution in [0.2, 0.25) is 0 Å². The minimum absolute atomic E-state index is 0.0112. The van der Waals surface area contributed by atoms with Gasteiger partial charge in [-0.25, -0.2) is 8.42 Å². The van der Waals surface area contributed by atoms with Crippen LogP contribution in [0.15, 0.2) is 53.1 Å². The summed E-state index contributed by atoms with van der Waals surface area (Å²) >= 11 is 0. The number of carbonyl (C=O) groups excluding carboxylic acids is 1. The van der Waals surface area contributed by atoms with Crippen molar-refractivity contribution in [1.82, 2.24) is 15.1 Å². The molecule has 1 saturated heterocycles. The highest BCUT2D eigenvalue weighted by Crippen LogP contribution is 2.30. The molecule has 3 heterocycles. The molecule has 8 nitrogen and oxygen atoms in total. The molecule has 158 valence electrons. The lowest BCUT2D eigenvalue weighted by Gasteiger charge is -2.11. The summed E-state index contributed by atoms with van der Waals surface area (Å²) in [4.78, 5) is 12.7. The van der Waals surface area contributed by atoms with Crippen molar-refractivity contribution in [1.29, 1.82) is 0 Å². The summed E-state index contributed by atoms with van der Waals surface area (Å²) in [5, 5.41) is 7.30. The smallest absolute Gasteiger partial charge is 0.271 e. The molecule has 1 fully saturated rings. The zero-order chi connectivity index (χ0) is 21.1. The fourth-order valence-electron chi connectivity index (χ4n) is 3.67. The van der Waals surface area contributed by atoms with Crippen molar-refractivity contribution in [2.75, 3.05) is 25.2 Å². The van der Waals surface area contributed by atoms with E-state index in [4.69, 9.17) is 9.15 Å². The average molecular weight is 429 g/mol. The van der Waals surface area contributed by atoms with Crippen LogP contribution in [-0.4, -0.2) is 49.3 Å². The van der Waals surface area contributed by atoms with Crippen LogP contribution < -0.4 is 10.1 Å². The number of furan rings is 1. The summed E-state index contributed by atoms with van der Waals surface area (Å²) < 4.78 is 36.3. The molecule has 0 bridgehead atoms. The Bertz CT molecular complexity index is 1140. The Hall–Kier alpha value is -3.07. The van der Waals surface area contributed by atoms with Gasteiger partial charge in [0, 0.05) is 12.6 Å². The molecule has 1 N–H and O–H groups in total. The molecular formula is C21H23N3O5S. The number of nitrogens with zero attached hydrogens (tertiary/aromatic N) is 2. The van der Waals surface area contributed by atoms with E-state index in [0.717, 1.165) is 11.3 Å². The van der Waals surface area contributed by atoms with Crippen LogP contribution in [0.1, 0.15) is 28.5 Å². The van der Waals surface area contributed by atoms with E-state index in [-0.39, 0.29) is 29.1 Å². The van der Waals surface area contributed by atoms with Gasteiger partial charge in [0.05, 0.1) is 30.9 Å². The van der Waals surface area contributed by atoms with Gasteiger partial charge in [-0.2, -0.15) is 5.10 Å². The number of carbonyl (C=O) groups is 1. The standard InChI is InChI=1S/C21H23N3O5S/c1-28-19-6-3-2-5-15(19)8-10-22-21(25)17-13-18(20-7-4-11-29-20)24(23-17)16-9-12-30(26,27)14-16/h2-7,11,13,16H,8-10,12,14H2,1H3,(H,22,25). The van der Waals surface area contributed by atoms with Crippen LogP contribution in [0.25, 0.3) is 11.5 Å². The number of amides is 1. The lowest BCUT2D eigenvalue weighted by Crippen LogP contribution is -2.26. The molecule has 1 aliphatic heterocycles. The van der Waals surface area contributed by atoms with Gasteiger partial charge in [0.15, 0.2) is 21.3 Å². The van der Waals surface area contributed by atoms with Crippen molar-refractivity contribution >= 4 is 15.7 Å². The number of aromatic nitrogens is 2. The first-order valence-electron chi connectivity index (χ1n) is 9.71. The molecule has 4 rings (SSSR count). The Morgan fingerprint density at radius 3 is 2.83 bits per heavy atom. The topological polar surface area (TPSA) is 103 Å². The van der Waals surface area contributed by atoms with Crippen molar-refractivity contribution in [3.05, 3.63) is 60.0 Å². The summed E-state index contributed by atoms with van der Waals surface area (Å²) in [7, 11) is -1.48. The molecule has 2 aromatic heterocycles. The highest BCUT2D eigenvalue weighted by Gasteiger charge is 2.32. The molecule has 1 aromatic carbocycles. The van der Waals surface area contributed by atoms with Gasteiger partial charge in [-0.3, -0.25) is 9.48 Å². The molecular weight excluding hydrogens is 406 g/mol. The van der Waals surface area contributed by atoms with Gasteiger partial charge >= 0.3 is 0 Å². The SMILES string of the molecule is COc1ccccc1CCNC(=O)c1cc(-c2ccco2)n(C2CCS(=O)(=O)C2)n1. The molecule has 0 radical (unpaired) electrons. The summed E-state index contributed by atoms with van der Waals surface area (Å²) in [5.74, 6) is 1.13. The Kier molecular flexibility index (Phi) is 5.63. The predicted octanol–water partition coefficient (Wildman–Crippen LogP) is 2.48. The van der Waals surface area contributed by atoms with Gasteiger partial charge in [-0.1, -0.05) is 18.2 Å².